The van der Waals surface area contributed by atoms with Crippen LogP contribution in [0.1, 0.15) is 11.1 Å². The molecular weight excluding hydrogens is 312 g/mol. The van der Waals surface area contributed by atoms with Gasteiger partial charge in [0.2, 0.25) is 5.91 Å². The van der Waals surface area contributed by atoms with Crippen molar-refractivity contribution >= 4 is 38.2 Å². The second kappa shape index (κ2) is 5.80. The predicted octanol–water partition coefficient (Wildman–Crippen LogP) is 3.56. The third-order valence-electron chi connectivity index (χ3n) is 2.32. The summed E-state index contributed by atoms with van der Waals surface area (Å²) in [6.07, 6.45) is 0.302. The molecule has 2 aromatic rings. The summed E-state index contributed by atoms with van der Waals surface area (Å²) in [6.45, 7) is 0. The van der Waals surface area contributed by atoms with Gasteiger partial charge in [-0.15, -0.1) is 11.3 Å². The fraction of sp³-hybridized carbons (Fsp3) is 0.0769. The molecule has 1 amide bonds. The van der Waals surface area contributed by atoms with Gasteiger partial charge in [0.1, 0.15) is 11.1 Å². The van der Waals surface area contributed by atoms with Crippen LogP contribution in [0.15, 0.2) is 40.2 Å². The van der Waals surface area contributed by atoms with Gasteiger partial charge in [-0.1, -0.05) is 28.1 Å². The quantitative estimate of drug-likeness (QED) is 0.940. The lowest BCUT2D eigenvalue weighted by Crippen LogP contribution is -2.14. The highest BCUT2D eigenvalue weighted by atomic mass is 79.9. The number of nitrogens with zero attached hydrogens (tertiary/aromatic N) is 1. The Morgan fingerprint density at radius 1 is 1.33 bits per heavy atom. The molecule has 0 atom stereocenters. The Morgan fingerprint density at radius 2 is 2.06 bits per heavy atom. The number of amides is 1. The third-order valence-corrected chi connectivity index (χ3v) is 3.68. The molecule has 0 aliphatic carbocycles. The van der Waals surface area contributed by atoms with Crippen LogP contribution in [-0.4, -0.2) is 5.91 Å². The van der Waals surface area contributed by atoms with Crippen molar-refractivity contribution < 1.29 is 4.79 Å². The molecule has 0 saturated carbocycles. The Morgan fingerprint density at radius 3 is 2.72 bits per heavy atom. The summed E-state index contributed by atoms with van der Waals surface area (Å²) < 4.78 is 0.983. The second-order valence-corrected chi connectivity index (χ2v) is 5.46. The molecular formula is C13H9BrN2OS. The molecule has 1 aromatic carbocycles. The van der Waals surface area contributed by atoms with E-state index < -0.39 is 0 Å². The van der Waals surface area contributed by atoms with Crippen molar-refractivity contribution in [1.29, 1.82) is 5.26 Å². The van der Waals surface area contributed by atoms with E-state index in [4.69, 9.17) is 5.26 Å². The van der Waals surface area contributed by atoms with Crippen LogP contribution in [-0.2, 0) is 11.2 Å². The molecule has 1 heterocycles. The first-order valence-electron chi connectivity index (χ1n) is 5.21. The van der Waals surface area contributed by atoms with E-state index in [0.29, 0.717) is 17.0 Å². The van der Waals surface area contributed by atoms with Crippen LogP contribution in [0.4, 0.5) is 5.00 Å². The number of carbonyl (C=O) groups excluding carboxylic acids is 1. The molecule has 3 nitrogen and oxygen atoms in total. The highest BCUT2D eigenvalue weighted by molar-refractivity contribution is 9.10. The molecule has 2 rings (SSSR count). The molecule has 0 bridgehead atoms. The molecule has 90 valence electrons. The van der Waals surface area contributed by atoms with E-state index in [1.54, 1.807) is 11.4 Å². The Labute approximate surface area is 117 Å². The first kappa shape index (κ1) is 12.8. The van der Waals surface area contributed by atoms with Gasteiger partial charge in [0.05, 0.1) is 12.0 Å². The summed E-state index contributed by atoms with van der Waals surface area (Å²) in [5.74, 6) is -0.115. The largest absolute Gasteiger partial charge is 0.316 e. The molecule has 0 spiro atoms. The highest BCUT2D eigenvalue weighted by Crippen LogP contribution is 2.22. The van der Waals surface area contributed by atoms with E-state index in [-0.39, 0.29) is 5.91 Å². The topological polar surface area (TPSA) is 52.9 Å². The zero-order valence-electron chi connectivity index (χ0n) is 9.31. The average molecular weight is 321 g/mol. The number of hydrogen-bond acceptors (Lipinski definition) is 3. The summed E-state index contributed by atoms with van der Waals surface area (Å²) in [7, 11) is 0. The van der Waals surface area contributed by atoms with Crippen LogP contribution in [0.25, 0.3) is 0 Å². The Kier molecular flexibility index (Phi) is 4.13. The van der Waals surface area contributed by atoms with Gasteiger partial charge >= 0.3 is 0 Å². The number of anilines is 1. The van der Waals surface area contributed by atoms with E-state index >= 15 is 0 Å². The number of carbonyl (C=O) groups is 1. The first-order valence-corrected chi connectivity index (χ1v) is 6.88. The Bertz CT molecular complexity index is 598. The maximum absolute atomic E-state index is 11.8. The van der Waals surface area contributed by atoms with Crippen molar-refractivity contribution in [2.45, 2.75) is 6.42 Å². The van der Waals surface area contributed by atoms with Gasteiger partial charge in [-0.25, -0.2) is 0 Å². The molecule has 1 aromatic heterocycles. The van der Waals surface area contributed by atoms with Crippen LogP contribution in [0.2, 0.25) is 0 Å². The zero-order valence-corrected chi connectivity index (χ0v) is 11.7. The van der Waals surface area contributed by atoms with E-state index in [1.807, 2.05) is 30.3 Å². The fourth-order valence-corrected chi connectivity index (χ4v) is 2.47. The van der Waals surface area contributed by atoms with Crippen LogP contribution in [0, 0.1) is 11.3 Å². The molecule has 0 saturated heterocycles. The average Bonchev–Trinajstić information content (AvgIpc) is 2.79. The van der Waals surface area contributed by atoms with Crippen LogP contribution < -0.4 is 5.32 Å². The minimum absolute atomic E-state index is 0.115. The lowest BCUT2D eigenvalue weighted by atomic mass is 10.1. The molecule has 0 unspecified atom stereocenters. The number of benzene rings is 1. The van der Waals surface area contributed by atoms with Gasteiger partial charge in [-0.3, -0.25) is 4.79 Å². The molecule has 0 radical (unpaired) electrons. The second-order valence-electron chi connectivity index (χ2n) is 3.63. The van der Waals surface area contributed by atoms with Crippen LogP contribution >= 0.6 is 27.3 Å². The van der Waals surface area contributed by atoms with E-state index in [9.17, 15) is 4.79 Å². The van der Waals surface area contributed by atoms with Crippen molar-refractivity contribution in [3.63, 3.8) is 0 Å². The van der Waals surface area contributed by atoms with Crippen molar-refractivity contribution in [3.05, 3.63) is 51.3 Å². The standard InChI is InChI=1S/C13H9BrN2OS/c14-11-3-1-9(2-4-11)7-12(17)16-13-10(8-15)5-6-18-13/h1-6H,7H2,(H,16,17). The summed E-state index contributed by atoms with van der Waals surface area (Å²) in [4.78, 5) is 11.8. The van der Waals surface area contributed by atoms with Crippen molar-refractivity contribution in [3.8, 4) is 6.07 Å². The maximum Gasteiger partial charge on any atom is 0.229 e. The smallest absolute Gasteiger partial charge is 0.229 e. The molecule has 0 fully saturated rings. The number of rotatable bonds is 3. The van der Waals surface area contributed by atoms with Gasteiger partial charge in [0.25, 0.3) is 0 Å². The van der Waals surface area contributed by atoms with Crippen LogP contribution in [0.5, 0.6) is 0 Å². The lowest BCUT2D eigenvalue weighted by molar-refractivity contribution is -0.115. The van der Waals surface area contributed by atoms with E-state index in [1.165, 1.54) is 11.3 Å². The number of nitriles is 1. The minimum Gasteiger partial charge on any atom is -0.316 e. The van der Waals surface area contributed by atoms with Gasteiger partial charge in [-0.05, 0) is 29.1 Å². The maximum atomic E-state index is 11.8. The summed E-state index contributed by atoms with van der Waals surface area (Å²) in [5.41, 5.74) is 1.44. The molecule has 18 heavy (non-hydrogen) atoms. The normalized spacial score (nSPS) is 9.78. The van der Waals surface area contributed by atoms with E-state index in [0.717, 1.165) is 10.0 Å². The SMILES string of the molecule is N#Cc1ccsc1NC(=O)Cc1ccc(Br)cc1. The van der Waals surface area contributed by atoms with Crippen molar-refractivity contribution in [2.24, 2.45) is 0 Å². The number of nitrogens with one attached hydrogen (secondary N) is 1. The van der Waals surface area contributed by atoms with Crippen molar-refractivity contribution in [1.82, 2.24) is 0 Å². The van der Waals surface area contributed by atoms with Gasteiger partial charge in [0.15, 0.2) is 0 Å². The molecule has 0 aliphatic heterocycles. The summed E-state index contributed by atoms with van der Waals surface area (Å²) in [5, 5.41) is 14.0. The number of thiophene rings is 1. The Hall–Kier alpha value is -1.64. The number of hydrogen-bond donors (Lipinski definition) is 1. The van der Waals surface area contributed by atoms with E-state index in [2.05, 4.69) is 21.2 Å². The molecule has 5 heteroatoms. The van der Waals surface area contributed by atoms with Crippen LogP contribution in [0.3, 0.4) is 0 Å². The third kappa shape index (κ3) is 3.19. The van der Waals surface area contributed by atoms with Gasteiger partial charge < -0.3 is 5.32 Å². The predicted molar refractivity (Wildman–Crippen MR) is 75.5 cm³/mol. The Balaban J connectivity index is 2.01. The summed E-state index contributed by atoms with van der Waals surface area (Å²) >= 11 is 4.70. The number of halogens is 1. The van der Waals surface area contributed by atoms with Gasteiger partial charge in [0, 0.05) is 4.47 Å². The first-order chi connectivity index (χ1) is 8.69. The molecule has 1 N–H and O–H groups in total. The van der Waals surface area contributed by atoms with Gasteiger partial charge in [-0.2, -0.15) is 5.26 Å². The molecule has 0 aliphatic rings. The zero-order chi connectivity index (χ0) is 13.0. The lowest BCUT2D eigenvalue weighted by Gasteiger charge is -2.03. The monoisotopic (exact) mass is 320 g/mol. The highest BCUT2D eigenvalue weighted by Gasteiger charge is 2.08. The minimum atomic E-state index is -0.115. The fourth-order valence-electron chi connectivity index (χ4n) is 1.45. The summed E-state index contributed by atoms with van der Waals surface area (Å²) in [6, 6.07) is 11.3. The van der Waals surface area contributed by atoms with Crippen molar-refractivity contribution in [2.75, 3.05) is 5.32 Å².